The van der Waals surface area contributed by atoms with Gasteiger partial charge in [0.25, 0.3) is 5.91 Å². The Morgan fingerprint density at radius 2 is 1.96 bits per heavy atom. The van der Waals surface area contributed by atoms with Crippen molar-refractivity contribution < 1.29 is 14.3 Å². The van der Waals surface area contributed by atoms with Crippen molar-refractivity contribution in [3.8, 4) is 10.7 Å². The van der Waals surface area contributed by atoms with Gasteiger partial charge in [0, 0.05) is 25.5 Å². The first kappa shape index (κ1) is 19.6. The van der Waals surface area contributed by atoms with Gasteiger partial charge in [0.15, 0.2) is 12.3 Å². The van der Waals surface area contributed by atoms with Crippen LogP contribution in [0, 0.1) is 0 Å². The van der Waals surface area contributed by atoms with E-state index < -0.39 is 5.97 Å². The number of carbonyl (C=O) groups is 2. The van der Waals surface area contributed by atoms with E-state index in [2.05, 4.69) is 21.5 Å². The SMILES string of the molecule is C=C(C)CN(CC)C(=O)COC(=O)c1nccnc1-c1nc2ccccc2s1. The third-order valence-corrected chi connectivity index (χ3v) is 4.95. The summed E-state index contributed by atoms with van der Waals surface area (Å²) in [4.78, 5) is 39.3. The van der Waals surface area contributed by atoms with Crippen LogP contribution >= 0.6 is 11.3 Å². The summed E-state index contributed by atoms with van der Waals surface area (Å²) in [6.07, 6.45) is 2.91. The molecule has 0 saturated carbocycles. The minimum atomic E-state index is -0.706. The monoisotopic (exact) mass is 396 g/mol. The minimum absolute atomic E-state index is 0.0392. The second-order valence-electron chi connectivity index (χ2n) is 6.18. The second kappa shape index (κ2) is 8.71. The van der Waals surface area contributed by atoms with Gasteiger partial charge in [-0.1, -0.05) is 24.3 Å². The van der Waals surface area contributed by atoms with E-state index in [9.17, 15) is 9.59 Å². The van der Waals surface area contributed by atoms with Gasteiger partial charge < -0.3 is 9.64 Å². The van der Waals surface area contributed by atoms with Crippen LogP contribution in [0.1, 0.15) is 24.3 Å². The Kier molecular flexibility index (Phi) is 6.10. The molecule has 2 heterocycles. The summed E-state index contributed by atoms with van der Waals surface area (Å²) in [6, 6.07) is 7.66. The first-order chi connectivity index (χ1) is 13.5. The molecule has 1 aromatic carbocycles. The molecule has 0 aliphatic carbocycles. The van der Waals surface area contributed by atoms with Crippen molar-refractivity contribution in [3.05, 3.63) is 54.5 Å². The van der Waals surface area contributed by atoms with Crippen molar-refractivity contribution >= 4 is 33.4 Å². The number of hydrogen-bond donors (Lipinski definition) is 0. The Morgan fingerprint density at radius 3 is 2.68 bits per heavy atom. The number of carbonyl (C=O) groups excluding carboxylic acids is 2. The first-order valence-electron chi connectivity index (χ1n) is 8.75. The molecule has 0 atom stereocenters. The minimum Gasteiger partial charge on any atom is -0.451 e. The van der Waals surface area contributed by atoms with Crippen molar-refractivity contribution in [2.24, 2.45) is 0 Å². The number of ether oxygens (including phenoxy) is 1. The molecule has 0 unspecified atom stereocenters. The molecule has 0 N–H and O–H groups in total. The molecule has 0 aliphatic heterocycles. The standard InChI is InChI=1S/C20H20N4O3S/c1-4-24(11-13(2)3)16(25)12-27-20(26)18-17(21-9-10-22-18)19-23-14-7-5-6-8-15(14)28-19/h5-10H,2,4,11-12H2,1,3H3. The zero-order valence-electron chi connectivity index (χ0n) is 15.7. The van der Waals surface area contributed by atoms with Gasteiger partial charge in [-0.25, -0.2) is 19.7 Å². The van der Waals surface area contributed by atoms with Gasteiger partial charge in [-0.2, -0.15) is 0 Å². The lowest BCUT2D eigenvalue weighted by atomic mass is 10.3. The lowest BCUT2D eigenvalue weighted by molar-refractivity contribution is -0.133. The van der Waals surface area contributed by atoms with E-state index >= 15 is 0 Å². The predicted octanol–water partition coefficient (Wildman–Crippen LogP) is 3.33. The maximum absolute atomic E-state index is 12.6. The van der Waals surface area contributed by atoms with Crippen LogP contribution in [0.2, 0.25) is 0 Å². The zero-order valence-corrected chi connectivity index (χ0v) is 16.5. The van der Waals surface area contributed by atoms with E-state index in [0.717, 1.165) is 15.8 Å². The second-order valence-corrected chi connectivity index (χ2v) is 7.21. The first-order valence-corrected chi connectivity index (χ1v) is 9.57. The highest BCUT2D eigenvalue weighted by Crippen LogP contribution is 2.30. The molecule has 0 aliphatic rings. The highest BCUT2D eigenvalue weighted by molar-refractivity contribution is 7.21. The van der Waals surface area contributed by atoms with E-state index in [1.165, 1.54) is 23.7 Å². The lowest BCUT2D eigenvalue weighted by Gasteiger charge is -2.20. The quantitative estimate of drug-likeness (QED) is 0.450. The largest absolute Gasteiger partial charge is 0.451 e. The van der Waals surface area contributed by atoms with Crippen molar-refractivity contribution in [1.29, 1.82) is 0 Å². The Balaban J connectivity index is 1.78. The molecular weight excluding hydrogens is 376 g/mol. The number of hydrogen-bond acceptors (Lipinski definition) is 7. The Hall–Kier alpha value is -3.13. The van der Waals surface area contributed by atoms with Crippen LogP contribution in [0.25, 0.3) is 20.9 Å². The number of fused-ring (bicyclic) bond motifs is 1. The number of amides is 1. The molecule has 7 nitrogen and oxygen atoms in total. The van der Waals surface area contributed by atoms with Crippen LogP contribution in [0.3, 0.4) is 0 Å². The molecule has 0 bridgehead atoms. The van der Waals surface area contributed by atoms with Crippen LogP contribution in [-0.2, 0) is 9.53 Å². The summed E-state index contributed by atoms with van der Waals surface area (Å²) in [5, 5.41) is 0.574. The maximum Gasteiger partial charge on any atom is 0.359 e. The van der Waals surface area contributed by atoms with E-state index in [4.69, 9.17) is 4.74 Å². The maximum atomic E-state index is 12.6. The smallest absolute Gasteiger partial charge is 0.359 e. The molecule has 8 heteroatoms. The molecular formula is C20H20N4O3S. The molecule has 0 saturated heterocycles. The van der Waals surface area contributed by atoms with E-state index in [0.29, 0.717) is 23.8 Å². The number of likely N-dealkylation sites (N-methyl/N-ethyl adjacent to an activating group) is 1. The highest BCUT2D eigenvalue weighted by atomic mass is 32.1. The van der Waals surface area contributed by atoms with E-state index in [1.807, 2.05) is 38.1 Å². The summed E-state index contributed by atoms with van der Waals surface area (Å²) < 4.78 is 6.19. The van der Waals surface area contributed by atoms with Crippen LogP contribution in [0.4, 0.5) is 0 Å². The molecule has 1 amide bonds. The van der Waals surface area contributed by atoms with Crippen LogP contribution in [-0.4, -0.2) is 51.4 Å². The molecule has 0 radical (unpaired) electrons. The predicted molar refractivity (Wildman–Crippen MR) is 108 cm³/mol. The number of esters is 1. The van der Waals surface area contributed by atoms with Gasteiger partial charge in [0.2, 0.25) is 0 Å². The Morgan fingerprint density at radius 1 is 1.21 bits per heavy atom. The summed E-state index contributed by atoms with van der Waals surface area (Å²) in [7, 11) is 0. The number of rotatable bonds is 7. The normalized spacial score (nSPS) is 10.6. The fourth-order valence-corrected chi connectivity index (χ4v) is 3.57. The number of nitrogens with zero attached hydrogens (tertiary/aromatic N) is 4. The molecule has 0 spiro atoms. The number of benzene rings is 1. The lowest BCUT2D eigenvalue weighted by Crippen LogP contribution is -2.35. The van der Waals surface area contributed by atoms with Crippen molar-refractivity contribution in [1.82, 2.24) is 19.9 Å². The number of thiazole rings is 1. The van der Waals surface area contributed by atoms with Gasteiger partial charge in [-0.05, 0) is 26.0 Å². The molecule has 0 fully saturated rings. The average molecular weight is 396 g/mol. The van der Waals surface area contributed by atoms with Crippen LogP contribution in [0.15, 0.2) is 48.8 Å². The van der Waals surface area contributed by atoms with E-state index in [-0.39, 0.29) is 18.2 Å². The van der Waals surface area contributed by atoms with Gasteiger partial charge in [0.05, 0.1) is 10.2 Å². The van der Waals surface area contributed by atoms with Gasteiger partial charge in [0.1, 0.15) is 10.7 Å². The average Bonchev–Trinajstić information content (AvgIpc) is 3.14. The molecule has 2 aromatic heterocycles. The van der Waals surface area contributed by atoms with Crippen LogP contribution in [0.5, 0.6) is 0 Å². The molecule has 3 aromatic rings. The van der Waals surface area contributed by atoms with Gasteiger partial charge in [-0.3, -0.25) is 4.79 Å². The zero-order chi connectivity index (χ0) is 20.1. The van der Waals surface area contributed by atoms with Gasteiger partial charge in [-0.15, -0.1) is 11.3 Å². The number of para-hydroxylation sites is 1. The van der Waals surface area contributed by atoms with E-state index in [1.54, 1.807) is 4.90 Å². The van der Waals surface area contributed by atoms with Crippen molar-refractivity contribution in [3.63, 3.8) is 0 Å². The van der Waals surface area contributed by atoms with Gasteiger partial charge >= 0.3 is 5.97 Å². The summed E-state index contributed by atoms with van der Waals surface area (Å²) in [6.45, 7) is 8.07. The highest BCUT2D eigenvalue weighted by Gasteiger charge is 2.22. The Labute approximate surface area is 166 Å². The number of aromatic nitrogens is 3. The fraction of sp³-hybridized carbons (Fsp3) is 0.250. The molecule has 144 valence electrons. The molecule has 28 heavy (non-hydrogen) atoms. The summed E-state index contributed by atoms with van der Waals surface area (Å²) in [5.41, 5.74) is 2.06. The fourth-order valence-electron chi connectivity index (χ4n) is 2.61. The summed E-state index contributed by atoms with van der Waals surface area (Å²) >= 11 is 1.42. The third-order valence-electron chi connectivity index (χ3n) is 3.91. The van der Waals surface area contributed by atoms with Crippen molar-refractivity contribution in [2.75, 3.05) is 19.7 Å². The Bertz CT molecular complexity index is 998. The van der Waals surface area contributed by atoms with Crippen molar-refractivity contribution in [2.45, 2.75) is 13.8 Å². The third kappa shape index (κ3) is 4.40. The topological polar surface area (TPSA) is 85.3 Å². The summed E-state index contributed by atoms with van der Waals surface area (Å²) in [5.74, 6) is -0.994. The van der Waals surface area contributed by atoms with Crippen LogP contribution < -0.4 is 0 Å². The molecule has 3 rings (SSSR count).